The number of rotatable bonds is 9. The maximum atomic E-state index is 13.3. The number of hydrogen-bond donors (Lipinski definition) is 1. The van der Waals surface area contributed by atoms with E-state index in [9.17, 15) is 18.4 Å². The van der Waals surface area contributed by atoms with E-state index < -0.39 is 12.5 Å². The first-order chi connectivity index (χ1) is 20.8. The van der Waals surface area contributed by atoms with Gasteiger partial charge in [0.15, 0.2) is 5.65 Å². The first kappa shape index (κ1) is 29.0. The number of carbonyl (C=O) groups is 2. The minimum absolute atomic E-state index is 0.0937. The summed E-state index contributed by atoms with van der Waals surface area (Å²) < 4.78 is 34.1. The summed E-state index contributed by atoms with van der Waals surface area (Å²) in [5.74, 6) is -0.261. The van der Waals surface area contributed by atoms with Crippen LogP contribution in [0.1, 0.15) is 36.0 Å². The van der Waals surface area contributed by atoms with Crippen molar-refractivity contribution in [2.24, 2.45) is 5.92 Å². The van der Waals surface area contributed by atoms with E-state index in [4.69, 9.17) is 16.3 Å². The lowest BCUT2D eigenvalue weighted by Gasteiger charge is -2.33. The second-order valence-corrected chi connectivity index (χ2v) is 11.3. The molecule has 1 aromatic carbocycles. The van der Waals surface area contributed by atoms with Gasteiger partial charge in [-0.15, -0.1) is 0 Å². The minimum Gasteiger partial charge on any atom is -0.434 e. The summed E-state index contributed by atoms with van der Waals surface area (Å²) in [7, 11) is 0. The minimum atomic E-state index is -3.10. The van der Waals surface area contributed by atoms with Crippen LogP contribution in [-0.2, 0) is 11.3 Å². The van der Waals surface area contributed by atoms with Crippen molar-refractivity contribution >= 4 is 34.7 Å². The topological polar surface area (TPSA) is 110 Å². The molecule has 2 saturated heterocycles. The van der Waals surface area contributed by atoms with Crippen LogP contribution in [0.3, 0.4) is 0 Å². The van der Waals surface area contributed by atoms with Crippen molar-refractivity contribution in [2.45, 2.75) is 38.8 Å². The largest absolute Gasteiger partial charge is 0.434 e. The molecule has 14 heteroatoms. The van der Waals surface area contributed by atoms with E-state index in [-0.39, 0.29) is 45.7 Å². The Labute approximate surface area is 251 Å². The standard InChI is InChI=1S/C29H31ClF2N8O3/c30-20-4-5-24(43-29(31)32)21(14-20)26-23(35-28(42)22-15-34-40-11-3-8-33-27(22)40)17-39(36-26)18-25(41)38-12-6-19(7-13-38)16-37-9-1-2-10-37/h3-5,8,11,14-15,17,19,29H,1-2,6-7,9-10,12-13,16,18H2,(H,35,42). The van der Waals surface area contributed by atoms with Crippen molar-refractivity contribution in [3.05, 3.63) is 59.6 Å². The average Bonchev–Trinajstić information content (AvgIpc) is 3.75. The van der Waals surface area contributed by atoms with Gasteiger partial charge in [-0.3, -0.25) is 14.3 Å². The Morgan fingerprint density at radius 3 is 2.70 bits per heavy atom. The van der Waals surface area contributed by atoms with E-state index in [2.05, 4.69) is 25.4 Å². The molecule has 5 heterocycles. The van der Waals surface area contributed by atoms with Gasteiger partial charge in [-0.1, -0.05) is 11.6 Å². The summed E-state index contributed by atoms with van der Waals surface area (Å²) in [6.07, 6.45) is 10.5. The number of ether oxygens (including phenoxy) is 1. The van der Waals surface area contributed by atoms with Gasteiger partial charge in [0.2, 0.25) is 5.91 Å². The summed E-state index contributed by atoms with van der Waals surface area (Å²) in [5.41, 5.74) is 0.964. The Bertz CT molecular complexity index is 1610. The SMILES string of the molecule is O=C(Nc1cn(CC(=O)N2CCC(CN3CCCC3)CC2)nc1-c1cc(Cl)ccc1OC(F)F)c1cnn2cccnc12. The third-order valence-corrected chi connectivity index (χ3v) is 8.16. The van der Waals surface area contributed by atoms with E-state index >= 15 is 0 Å². The molecule has 0 bridgehead atoms. The van der Waals surface area contributed by atoms with Crippen molar-refractivity contribution in [1.29, 1.82) is 0 Å². The zero-order chi connectivity index (χ0) is 29.9. The van der Waals surface area contributed by atoms with E-state index in [0.29, 0.717) is 24.7 Å². The number of carbonyl (C=O) groups excluding carboxylic acids is 2. The second kappa shape index (κ2) is 12.6. The smallest absolute Gasteiger partial charge is 0.387 e. The molecule has 226 valence electrons. The summed E-state index contributed by atoms with van der Waals surface area (Å²) in [6, 6.07) is 5.83. The number of nitrogens with zero attached hydrogens (tertiary/aromatic N) is 7. The number of amides is 2. The molecule has 2 fully saturated rings. The van der Waals surface area contributed by atoms with Crippen LogP contribution in [0.2, 0.25) is 5.02 Å². The fourth-order valence-corrected chi connectivity index (χ4v) is 5.96. The van der Waals surface area contributed by atoms with Gasteiger partial charge in [-0.25, -0.2) is 9.50 Å². The van der Waals surface area contributed by atoms with E-state index in [1.807, 2.05) is 4.90 Å². The average molecular weight is 613 g/mol. The van der Waals surface area contributed by atoms with Gasteiger partial charge in [0, 0.05) is 48.8 Å². The molecule has 3 aromatic heterocycles. The summed E-state index contributed by atoms with van der Waals surface area (Å²) in [4.78, 5) is 35.2. The summed E-state index contributed by atoms with van der Waals surface area (Å²) in [5, 5.41) is 11.7. The van der Waals surface area contributed by atoms with Crippen LogP contribution in [0.5, 0.6) is 5.75 Å². The number of fused-ring (bicyclic) bond motifs is 1. The molecule has 6 rings (SSSR count). The quantitative estimate of drug-likeness (QED) is 0.298. The van der Waals surface area contributed by atoms with Gasteiger partial charge in [0.1, 0.15) is 23.6 Å². The molecule has 2 aliphatic rings. The van der Waals surface area contributed by atoms with Gasteiger partial charge in [0.25, 0.3) is 5.91 Å². The number of aromatic nitrogens is 5. The lowest BCUT2D eigenvalue weighted by atomic mass is 9.96. The predicted molar refractivity (Wildman–Crippen MR) is 155 cm³/mol. The number of anilines is 1. The number of halogens is 3. The zero-order valence-corrected chi connectivity index (χ0v) is 24.1. The van der Waals surface area contributed by atoms with E-state index in [1.165, 1.54) is 58.8 Å². The number of nitrogens with one attached hydrogen (secondary N) is 1. The number of piperidine rings is 1. The molecule has 11 nitrogen and oxygen atoms in total. The monoisotopic (exact) mass is 612 g/mol. The molecule has 1 N–H and O–H groups in total. The summed E-state index contributed by atoms with van der Waals surface area (Å²) >= 11 is 6.22. The van der Waals surface area contributed by atoms with Crippen LogP contribution in [0.25, 0.3) is 16.9 Å². The lowest BCUT2D eigenvalue weighted by Crippen LogP contribution is -2.42. The van der Waals surface area contributed by atoms with E-state index in [1.54, 1.807) is 12.3 Å². The van der Waals surface area contributed by atoms with Gasteiger partial charge in [-0.05, 0) is 69.0 Å². The van der Waals surface area contributed by atoms with Gasteiger partial charge >= 0.3 is 6.61 Å². The fraction of sp³-hybridized carbons (Fsp3) is 0.414. The molecule has 0 atom stereocenters. The highest BCUT2D eigenvalue weighted by atomic mass is 35.5. The normalized spacial score (nSPS) is 16.3. The highest BCUT2D eigenvalue weighted by Crippen LogP contribution is 2.37. The van der Waals surface area contributed by atoms with E-state index in [0.717, 1.165) is 32.5 Å². The molecule has 2 amide bonds. The molecule has 0 saturated carbocycles. The molecule has 0 spiro atoms. The summed E-state index contributed by atoms with van der Waals surface area (Å²) in [6.45, 7) is 1.53. The van der Waals surface area contributed by atoms with Crippen LogP contribution >= 0.6 is 11.6 Å². The van der Waals surface area contributed by atoms with Gasteiger partial charge < -0.3 is 19.9 Å². The molecule has 0 aliphatic carbocycles. The Morgan fingerprint density at radius 1 is 1.14 bits per heavy atom. The second-order valence-electron chi connectivity index (χ2n) is 10.8. The van der Waals surface area contributed by atoms with Gasteiger partial charge in [0.05, 0.1) is 11.9 Å². The predicted octanol–water partition coefficient (Wildman–Crippen LogP) is 4.43. The van der Waals surface area contributed by atoms with Crippen LogP contribution < -0.4 is 10.1 Å². The van der Waals surface area contributed by atoms with Crippen molar-refractivity contribution in [3.8, 4) is 17.0 Å². The molecular weight excluding hydrogens is 582 g/mol. The van der Waals surface area contributed by atoms with Crippen LogP contribution in [-0.4, -0.2) is 85.3 Å². The highest BCUT2D eigenvalue weighted by Gasteiger charge is 2.27. The molecular formula is C29H31ClF2N8O3. The number of likely N-dealkylation sites (tertiary alicyclic amines) is 2. The lowest BCUT2D eigenvalue weighted by molar-refractivity contribution is -0.133. The zero-order valence-electron chi connectivity index (χ0n) is 23.3. The number of alkyl halides is 2. The van der Waals surface area contributed by atoms with Gasteiger partial charge in [-0.2, -0.15) is 19.0 Å². The first-order valence-electron chi connectivity index (χ1n) is 14.3. The van der Waals surface area contributed by atoms with Crippen LogP contribution in [0, 0.1) is 5.92 Å². The number of benzene rings is 1. The Hall–Kier alpha value is -4.10. The van der Waals surface area contributed by atoms with Crippen molar-refractivity contribution in [1.82, 2.24) is 34.2 Å². The third-order valence-electron chi connectivity index (χ3n) is 7.93. The Balaban J connectivity index is 1.24. The van der Waals surface area contributed by atoms with Crippen LogP contribution in [0.15, 0.2) is 49.1 Å². The maximum absolute atomic E-state index is 13.3. The fourth-order valence-electron chi connectivity index (χ4n) is 5.79. The third kappa shape index (κ3) is 6.62. The maximum Gasteiger partial charge on any atom is 0.387 e. The molecule has 0 unspecified atom stereocenters. The van der Waals surface area contributed by atoms with Crippen LogP contribution in [0.4, 0.5) is 14.5 Å². The Morgan fingerprint density at radius 2 is 1.93 bits per heavy atom. The molecule has 4 aromatic rings. The molecule has 2 aliphatic heterocycles. The van der Waals surface area contributed by atoms with Crippen molar-refractivity contribution in [2.75, 3.05) is 38.0 Å². The Kier molecular flexibility index (Phi) is 8.52. The molecule has 0 radical (unpaired) electrons. The first-order valence-corrected chi connectivity index (χ1v) is 14.6. The van der Waals surface area contributed by atoms with Crippen molar-refractivity contribution in [3.63, 3.8) is 0 Å². The van der Waals surface area contributed by atoms with Crippen molar-refractivity contribution < 1.29 is 23.1 Å². The molecule has 43 heavy (non-hydrogen) atoms. The number of hydrogen-bond acceptors (Lipinski definition) is 7. The highest BCUT2D eigenvalue weighted by molar-refractivity contribution is 6.31.